The third-order valence-corrected chi connectivity index (χ3v) is 6.41. The van der Waals surface area contributed by atoms with Crippen molar-refractivity contribution in [1.29, 1.82) is 0 Å². The van der Waals surface area contributed by atoms with Crippen molar-refractivity contribution in [3.8, 4) is 0 Å². The van der Waals surface area contributed by atoms with Gasteiger partial charge in [0, 0.05) is 14.6 Å². The van der Waals surface area contributed by atoms with Gasteiger partial charge < -0.3 is 20.4 Å². The normalized spacial score (nSPS) is 11.0. The molecule has 0 aromatic heterocycles. The van der Waals surface area contributed by atoms with Gasteiger partial charge >= 0.3 is 0 Å². The van der Waals surface area contributed by atoms with Crippen molar-refractivity contribution in [2.45, 2.75) is 148 Å². The molecule has 0 aliphatic carbocycles. The maximum absolute atomic E-state index is 8.63. The number of rotatable bonds is 18. The Morgan fingerprint density at radius 2 is 0.867 bits per heavy atom. The molecule has 45 heavy (non-hydrogen) atoms. The monoisotopic (exact) mass is 637 g/mol. The van der Waals surface area contributed by atoms with Crippen LogP contribution in [0.15, 0.2) is 82.0 Å². The van der Waals surface area contributed by atoms with E-state index in [1.54, 1.807) is 0 Å². The summed E-state index contributed by atoms with van der Waals surface area (Å²) >= 11 is 0. The smallest absolute Gasteiger partial charge is 0.0614 e. The van der Waals surface area contributed by atoms with E-state index in [1.807, 2.05) is 12.2 Å². The Kier molecular flexibility index (Phi) is 46.8. The standard InChI is InChI=1S/C10H20O.3C10H18O.CH4.H2/c4*1-9(2)5-4-6-10(3)7-8-11;;/h5,10-11H,4,6-8H2,1-3H3;2*5,7,11H,4,6,8H2,1-3H3;5,11H,3-4,6-8H2,1-2H3;1H4;1H/b;10-7+;10-7-;;;. The van der Waals surface area contributed by atoms with Crippen LogP contribution in [0.4, 0.5) is 0 Å². The van der Waals surface area contributed by atoms with Crippen molar-refractivity contribution in [3.63, 3.8) is 0 Å². The lowest BCUT2D eigenvalue weighted by Gasteiger charge is -2.06. The lowest BCUT2D eigenvalue weighted by atomic mass is 10.0. The van der Waals surface area contributed by atoms with E-state index >= 15 is 0 Å². The number of hydrogen-bond acceptors (Lipinski definition) is 4. The summed E-state index contributed by atoms with van der Waals surface area (Å²) in [6.45, 7) is 27.9. The zero-order valence-corrected chi connectivity index (χ0v) is 30.9. The molecule has 4 N–H and O–H groups in total. The van der Waals surface area contributed by atoms with Gasteiger partial charge in [-0.1, -0.05) is 96.4 Å². The predicted octanol–water partition coefficient (Wildman–Crippen LogP) is 11.6. The average molecular weight is 637 g/mol. The molecular formula is C41H80O4. The minimum atomic E-state index is 0. The van der Waals surface area contributed by atoms with Gasteiger partial charge in [0.1, 0.15) is 0 Å². The first-order chi connectivity index (χ1) is 20.7. The Balaban J connectivity index is -0.000000114. The Morgan fingerprint density at radius 3 is 1.18 bits per heavy atom. The molecule has 0 fully saturated rings. The van der Waals surface area contributed by atoms with Gasteiger partial charge in [-0.3, -0.25) is 0 Å². The third kappa shape index (κ3) is 58.1. The molecule has 268 valence electrons. The fourth-order valence-corrected chi connectivity index (χ4v) is 3.56. The zero-order valence-electron chi connectivity index (χ0n) is 30.9. The first kappa shape index (κ1) is 52.5. The fraction of sp³-hybridized carbons (Fsp3) is 0.659. The summed E-state index contributed by atoms with van der Waals surface area (Å²) in [5.41, 5.74) is 9.14. The Morgan fingerprint density at radius 1 is 0.511 bits per heavy atom. The topological polar surface area (TPSA) is 80.9 Å². The van der Waals surface area contributed by atoms with Crippen LogP contribution in [0, 0.1) is 5.92 Å². The molecule has 0 aliphatic rings. The molecule has 0 radical (unpaired) electrons. The van der Waals surface area contributed by atoms with Crippen LogP contribution >= 0.6 is 0 Å². The maximum atomic E-state index is 8.63. The highest BCUT2D eigenvalue weighted by Gasteiger charge is 1.98. The van der Waals surface area contributed by atoms with Gasteiger partial charge in [-0.15, -0.1) is 0 Å². The average Bonchev–Trinajstić information content (AvgIpc) is 2.90. The van der Waals surface area contributed by atoms with E-state index in [1.165, 1.54) is 39.9 Å². The molecule has 0 aromatic rings. The predicted molar refractivity (Wildman–Crippen MR) is 207 cm³/mol. The molecule has 4 heteroatoms. The lowest BCUT2D eigenvalue weighted by molar-refractivity contribution is 0.259. The van der Waals surface area contributed by atoms with Gasteiger partial charge in [0.15, 0.2) is 0 Å². The lowest BCUT2D eigenvalue weighted by Crippen LogP contribution is -1.96. The van der Waals surface area contributed by atoms with Crippen molar-refractivity contribution >= 4 is 0 Å². The second kappa shape index (κ2) is 40.0. The van der Waals surface area contributed by atoms with Crippen LogP contribution in [-0.4, -0.2) is 46.9 Å². The van der Waals surface area contributed by atoms with Gasteiger partial charge in [0.25, 0.3) is 0 Å². The van der Waals surface area contributed by atoms with E-state index < -0.39 is 0 Å². The molecule has 0 spiro atoms. The van der Waals surface area contributed by atoms with Crippen LogP contribution < -0.4 is 0 Å². The van der Waals surface area contributed by atoms with Crippen LogP contribution in [-0.2, 0) is 0 Å². The van der Waals surface area contributed by atoms with Gasteiger partial charge in [0.2, 0.25) is 0 Å². The Bertz CT molecular complexity index is 806. The first-order valence-corrected chi connectivity index (χ1v) is 16.6. The van der Waals surface area contributed by atoms with Gasteiger partial charge in [-0.25, -0.2) is 0 Å². The van der Waals surface area contributed by atoms with E-state index in [2.05, 4.69) is 107 Å². The van der Waals surface area contributed by atoms with Crippen LogP contribution in [0.2, 0.25) is 0 Å². The highest BCUT2D eigenvalue weighted by molar-refractivity contribution is 5.03. The van der Waals surface area contributed by atoms with E-state index in [0.29, 0.717) is 12.5 Å². The van der Waals surface area contributed by atoms with Crippen molar-refractivity contribution in [2.75, 3.05) is 26.4 Å². The number of aliphatic hydroxyl groups is 4. The molecule has 0 bridgehead atoms. The van der Waals surface area contributed by atoms with E-state index in [0.717, 1.165) is 63.4 Å². The number of aliphatic hydroxyl groups excluding tert-OH is 4. The summed E-state index contributed by atoms with van der Waals surface area (Å²) in [7, 11) is 0. The largest absolute Gasteiger partial charge is 0.396 e. The number of allylic oxidation sites excluding steroid dienone is 10. The molecule has 0 aromatic carbocycles. The SMILES string of the molecule is C.C=C(CCO)CCC=C(C)C.CC(C)=CCC/C(C)=C/CO.CC(C)=CCC/C(C)=C\CO.CC(C)=CCCC(C)CCO.[HH]. The second-order valence-corrected chi connectivity index (χ2v) is 12.6. The molecule has 1 unspecified atom stereocenters. The molecule has 0 heterocycles. The van der Waals surface area contributed by atoms with Crippen LogP contribution in [0.3, 0.4) is 0 Å². The minimum Gasteiger partial charge on any atom is -0.396 e. The highest BCUT2D eigenvalue weighted by Crippen LogP contribution is 2.11. The summed E-state index contributed by atoms with van der Waals surface area (Å²) in [6, 6.07) is 0. The zero-order chi connectivity index (χ0) is 34.8. The Hall–Kier alpha value is -1.98. The number of hydrogen-bond donors (Lipinski definition) is 4. The Labute approximate surface area is 283 Å². The van der Waals surface area contributed by atoms with Gasteiger partial charge in [-0.2, -0.15) is 0 Å². The molecular weight excluding hydrogens is 556 g/mol. The summed E-state index contributed by atoms with van der Waals surface area (Å²) in [5, 5.41) is 34.3. The molecule has 4 nitrogen and oxygen atoms in total. The summed E-state index contributed by atoms with van der Waals surface area (Å²) in [4.78, 5) is 0. The summed E-state index contributed by atoms with van der Waals surface area (Å²) in [6.07, 6.45) is 23.0. The molecule has 0 saturated carbocycles. The van der Waals surface area contributed by atoms with E-state index in [-0.39, 0.29) is 28.7 Å². The molecule has 0 saturated heterocycles. The first-order valence-electron chi connectivity index (χ1n) is 16.6. The van der Waals surface area contributed by atoms with Gasteiger partial charge in [-0.05, 0) is 139 Å². The quantitative estimate of drug-likeness (QED) is 0.113. The van der Waals surface area contributed by atoms with Gasteiger partial charge in [0.05, 0.1) is 13.2 Å². The van der Waals surface area contributed by atoms with Crippen LogP contribution in [0.5, 0.6) is 0 Å². The fourth-order valence-electron chi connectivity index (χ4n) is 3.56. The second-order valence-electron chi connectivity index (χ2n) is 12.6. The highest BCUT2D eigenvalue weighted by atomic mass is 16.3. The van der Waals surface area contributed by atoms with Crippen LogP contribution in [0.1, 0.15) is 149 Å². The minimum absolute atomic E-state index is 0. The summed E-state index contributed by atoms with van der Waals surface area (Å²) < 4.78 is 0. The molecule has 1 atom stereocenters. The van der Waals surface area contributed by atoms with Crippen LogP contribution in [0.25, 0.3) is 0 Å². The van der Waals surface area contributed by atoms with Crippen molar-refractivity contribution in [2.24, 2.45) is 5.92 Å². The van der Waals surface area contributed by atoms with E-state index in [9.17, 15) is 0 Å². The van der Waals surface area contributed by atoms with Crippen molar-refractivity contribution in [1.82, 2.24) is 0 Å². The van der Waals surface area contributed by atoms with Crippen molar-refractivity contribution in [3.05, 3.63) is 82.0 Å². The molecule has 0 rings (SSSR count). The van der Waals surface area contributed by atoms with Crippen molar-refractivity contribution < 1.29 is 21.9 Å². The summed E-state index contributed by atoms with van der Waals surface area (Å²) in [5.74, 6) is 0.663. The van der Waals surface area contributed by atoms with E-state index in [4.69, 9.17) is 20.4 Å². The molecule has 0 amide bonds. The third-order valence-electron chi connectivity index (χ3n) is 6.41. The maximum Gasteiger partial charge on any atom is 0.0614 e. The molecule has 0 aliphatic heterocycles.